The average molecular weight is 261 g/mol. The minimum absolute atomic E-state index is 0.0294. The molecule has 0 bridgehead atoms. The van der Waals surface area contributed by atoms with E-state index in [1.165, 1.54) is 23.1 Å². The Morgan fingerprint density at radius 2 is 2.31 bits per heavy atom. The van der Waals surface area contributed by atoms with E-state index in [2.05, 4.69) is 28.9 Å². The first kappa shape index (κ1) is 13.2. The number of carboxylic acids is 1. The van der Waals surface area contributed by atoms with Gasteiger partial charge in [0.1, 0.15) is 0 Å². The van der Waals surface area contributed by atoms with Crippen molar-refractivity contribution in [3.8, 4) is 0 Å². The Kier molecular flexibility index (Phi) is 5.01. The Bertz CT molecular complexity index is 356. The molecular weight excluding hydrogens is 246 g/mol. The maximum Gasteiger partial charge on any atom is 0.313 e. The van der Waals surface area contributed by atoms with Crippen molar-refractivity contribution in [3.63, 3.8) is 0 Å². The highest BCUT2D eigenvalue weighted by Gasteiger charge is 2.14. The monoisotopic (exact) mass is 261 g/mol. The third-order valence-electron chi connectivity index (χ3n) is 2.27. The summed E-state index contributed by atoms with van der Waals surface area (Å²) >= 11 is 2.63. The summed E-state index contributed by atoms with van der Waals surface area (Å²) in [5.41, 5.74) is 0. The van der Waals surface area contributed by atoms with Gasteiger partial charge in [-0.05, 0) is 13.3 Å². The van der Waals surface area contributed by atoms with Crippen molar-refractivity contribution in [2.45, 2.75) is 30.6 Å². The quantitative estimate of drug-likeness (QED) is 0.790. The number of carbonyl (C=O) groups is 1. The van der Waals surface area contributed by atoms with Crippen LogP contribution in [0, 0.1) is 0 Å². The van der Waals surface area contributed by atoms with Crippen molar-refractivity contribution < 1.29 is 9.90 Å². The molecule has 1 N–H and O–H groups in total. The van der Waals surface area contributed by atoms with E-state index >= 15 is 0 Å². The van der Waals surface area contributed by atoms with E-state index in [0.29, 0.717) is 10.4 Å². The van der Waals surface area contributed by atoms with Crippen molar-refractivity contribution in [3.05, 3.63) is 0 Å². The van der Waals surface area contributed by atoms with Gasteiger partial charge in [-0.2, -0.15) is 0 Å². The van der Waals surface area contributed by atoms with Crippen LogP contribution in [0.5, 0.6) is 0 Å². The van der Waals surface area contributed by atoms with Gasteiger partial charge in [-0.15, -0.1) is 10.2 Å². The Balaban J connectivity index is 2.60. The zero-order valence-electron chi connectivity index (χ0n) is 9.51. The number of hydrogen-bond acceptors (Lipinski definition) is 6. The van der Waals surface area contributed by atoms with Crippen LogP contribution in [0.4, 0.5) is 5.13 Å². The van der Waals surface area contributed by atoms with Crippen LogP contribution in [-0.2, 0) is 4.79 Å². The smallest absolute Gasteiger partial charge is 0.313 e. The number of nitrogens with zero attached hydrogens (tertiary/aromatic N) is 3. The summed E-state index contributed by atoms with van der Waals surface area (Å²) in [6.45, 7) is 4.23. The number of rotatable bonds is 6. The molecule has 0 aromatic carbocycles. The summed E-state index contributed by atoms with van der Waals surface area (Å²) in [6, 6.07) is 0.408. The van der Waals surface area contributed by atoms with Gasteiger partial charge in [-0.3, -0.25) is 4.79 Å². The van der Waals surface area contributed by atoms with Gasteiger partial charge in [-0.25, -0.2) is 0 Å². The predicted molar refractivity (Wildman–Crippen MR) is 66.4 cm³/mol. The first-order valence-electron chi connectivity index (χ1n) is 4.95. The maximum atomic E-state index is 10.4. The third kappa shape index (κ3) is 3.64. The largest absolute Gasteiger partial charge is 0.481 e. The van der Waals surface area contributed by atoms with Crippen LogP contribution in [0.2, 0.25) is 0 Å². The lowest BCUT2D eigenvalue weighted by molar-refractivity contribution is -0.133. The van der Waals surface area contributed by atoms with E-state index in [1.54, 1.807) is 0 Å². The van der Waals surface area contributed by atoms with Gasteiger partial charge in [-0.1, -0.05) is 30.0 Å². The van der Waals surface area contributed by atoms with Gasteiger partial charge >= 0.3 is 5.97 Å². The molecule has 0 fully saturated rings. The summed E-state index contributed by atoms with van der Waals surface area (Å²) in [5, 5.41) is 17.4. The van der Waals surface area contributed by atoms with Crippen molar-refractivity contribution >= 4 is 34.2 Å². The molecule has 1 aromatic rings. The molecule has 1 heterocycles. The summed E-state index contributed by atoms with van der Waals surface area (Å²) in [4.78, 5) is 12.5. The molecule has 0 saturated carbocycles. The fourth-order valence-electron chi connectivity index (χ4n) is 0.989. The summed E-state index contributed by atoms with van der Waals surface area (Å²) in [7, 11) is 1.97. The van der Waals surface area contributed by atoms with Crippen molar-refractivity contribution in [1.82, 2.24) is 10.2 Å². The lowest BCUT2D eigenvalue weighted by Gasteiger charge is -2.21. The van der Waals surface area contributed by atoms with Crippen LogP contribution < -0.4 is 4.90 Å². The van der Waals surface area contributed by atoms with Crippen LogP contribution in [-0.4, -0.2) is 40.1 Å². The average Bonchev–Trinajstić information content (AvgIpc) is 2.72. The van der Waals surface area contributed by atoms with Crippen LogP contribution in [0.25, 0.3) is 0 Å². The number of anilines is 1. The fraction of sp³-hybridized carbons (Fsp3) is 0.667. The predicted octanol–water partition coefficient (Wildman–Crippen LogP) is 1.95. The lowest BCUT2D eigenvalue weighted by atomic mass is 10.2. The van der Waals surface area contributed by atoms with E-state index < -0.39 is 5.97 Å². The molecule has 0 spiro atoms. The van der Waals surface area contributed by atoms with Crippen molar-refractivity contribution in [2.75, 3.05) is 17.7 Å². The molecule has 0 saturated heterocycles. The summed E-state index contributed by atoms with van der Waals surface area (Å²) in [5.74, 6) is -0.807. The van der Waals surface area contributed by atoms with Crippen molar-refractivity contribution in [2.24, 2.45) is 0 Å². The number of thioether (sulfide) groups is 1. The highest BCUT2D eigenvalue weighted by molar-refractivity contribution is 8.01. The molecule has 0 aliphatic rings. The van der Waals surface area contributed by atoms with Gasteiger partial charge in [0.2, 0.25) is 5.13 Å². The Morgan fingerprint density at radius 3 is 2.88 bits per heavy atom. The summed E-state index contributed by atoms with van der Waals surface area (Å²) < 4.78 is 0.701. The first-order chi connectivity index (χ1) is 7.54. The van der Waals surface area contributed by atoms with E-state index in [9.17, 15) is 4.79 Å². The number of aliphatic carboxylic acids is 1. The van der Waals surface area contributed by atoms with E-state index in [4.69, 9.17) is 5.11 Å². The second kappa shape index (κ2) is 6.05. The molecule has 16 heavy (non-hydrogen) atoms. The second-order valence-electron chi connectivity index (χ2n) is 3.40. The molecule has 0 aliphatic carbocycles. The molecular formula is C9H15N3O2S2. The van der Waals surface area contributed by atoms with E-state index in [0.717, 1.165) is 11.6 Å². The Morgan fingerprint density at radius 1 is 1.62 bits per heavy atom. The molecule has 1 aromatic heterocycles. The van der Waals surface area contributed by atoms with Gasteiger partial charge in [0.15, 0.2) is 4.34 Å². The molecule has 5 nitrogen and oxygen atoms in total. The summed E-state index contributed by atoms with van der Waals surface area (Å²) in [6.07, 6.45) is 1.04. The third-order valence-corrected chi connectivity index (χ3v) is 4.40. The molecule has 1 rings (SSSR count). The van der Waals surface area contributed by atoms with Gasteiger partial charge in [0.05, 0.1) is 5.75 Å². The molecule has 7 heteroatoms. The second-order valence-corrected chi connectivity index (χ2v) is 5.58. The molecule has 1 unspecified atom stereocenters. The number of hydrogen-bond donors (Lipinski definition) is 1. The topological polar surface area (TPSA) is 66.3 Å². The number of carboxylic acid groups (broad SMARTS) is 1. The number of aromatic nitrogens is 2. The molecule has 0 radical (unpaired) electrons. The SMILES string of the molecule is CCC(C)N(C)c1nnc(SCC(=O)O)s1. The lowest BCUT2D eigenvalue weighted by Crippen LogP contribution is -2.27. The standard InChI is InChI=1S/C9H15N3O2S2/c1-4-6(2)12(3)8-10-11-9(16-8)15-5-7(13)14/h6H,4-5H2,1-3H3,(H,13,14). The van der Waals surface area contributed by atoms with E-state index in [1.807, 2.05) is 7.05 Å². The van der Waals surface area contributed by atoms with Crippen LogP contribution in [0.1, 0.15) is 20.3 Å². The Labute approximate surface area is 103 Å². The van der Waals surface area contributed by atoms with Crippen LogP contribution >= 0.6 is 23.1 Å². The fourth-order valence-corrected chi connectivity index (χ4v) is 2.61. The minimum atomic E-state index is -0.836. The zero-order valence-corrected chi connectivity index (χ0v) is 11.1. The van der Waals surface area contributed by atoms with Gasteiger partial charge in [0.25, 0.3) is 0 Å². The van der Waals surface area contributed by atoms with Gasteiger partial charge in [0, 0.05) is 13.1 Å². The Hall–Kier alpha value is -0.820. The normalized spacial score (nSPS) is 12.4. The van der Waals surface area contributed by atoms with E-state index in [-0.39, 0.29) is 5.75 Å². The van der Waals surface area contributed by atoms with Gasteiger partial charge < -0.3 is 10.0 Å². The minimum Gasteiger partial charge on any atom is -0.481 e. The first-order valence-corrected chi connectivity index (χ1v) is 6.75. The molecule has 0 aliphatic heterocycles. The van der Waals surface area contributed by atoms with Crippen molar-refractivity contribution in [1.29, 1.82) is 0 Å². The van der Waals surface area contributed by atoms with Crippen LogP contribution in [0.3, 0.4) is 0 Å². The molecule has 90 valence electrons. The molecule has 0 amide bonds. The van der Waals surface area contributed by atoms with Crippen LogP contribution in [0.15, 0.2) is 4.34 Å². The maximum absolute atomic E-state index is 10.4. The highest BCUT2D eigenvalue weighted by atomic mass is 32.2. The molecule has 1 atom stereocenters. The zero-order chi connectivity index (χ0) is 12.1. The highest BCUT2D eigenvalue weighted by Crippen LogP contribution is 2.28.